The van der Waals surface area contributed by atoms with Crippen LogP contribution in [0.25, 0.3) is 22.0 Å². The highest BCUT2D eigenvalue weighted by atomic mass is 16.2. The molecule has 8 nitrogen and oxygen atoms in total. The summed E-state index contributed by atoms with van der Waals surface area (Å²) < 4.78 is 0. The fourth-order valence-corrected chi connectivity index (χ4v) is 5.22. The predicted molar refractivity (Wildman–Crippen MR) is 166 cm³/mol. The Hall–Kier alpha value is -4.30. The van der Waals surface area contributed by atoms with Gasteiger partial charge in [-0.25, -0.2) is 9.97 Å². The van der Waals surface area contributed by atoms with Gasteiger partial charge in [-0.3, -0.25) is 14.5 Å². The molecule has 0 aliphatic carbocycles. The number of carbonyl (C=O) groups excluding carboxylic acids is 2. The summed E-state index contributed by atoms with van der Waals surface area (Å²) in [7, 11) is 0. The maximum atomic E-state index is 13.6. The van der Waals surface area contributed by atoms with E-state index in [2.05, 4.69) is 46.3 Å². The number of nitrogens with two attached hydrogens (primary N) is 1. The Balaban J connectivity index is 1.41. The summed E-state index contributed by atoms with van der Waals surface area (Å²) in [4.78, 5) is 37.1. The van der Waals surface area contributed by atoms with E-state index in [0.717, 1.165) is 59.1 Å². The van der Waals surface area contributed by atoms with E-state index < -0.39 is 0 Å². The summed E-state index contributed by atoms with van der Waals surface area (Å²) in [5, 5.41) is 7.00. The normalized spacial score (nSPS) is 14.1. The van der Waals surface area contributed by atoms with Gasteiger partial charge in [-0.2, -0.15) is 0 Å². The zero-order valence-electron chi connectivity index (χ0n) is 24.3. The number of hydrogen-bond acceptors (Lipinski definition) is 6. The van der Waals surface area contributed by atoms with E-state index in [9.17, 15) is 9.59 Å². The fraction of sp³-hybridized carbons (Fsp3) is 0.333. The number of amides is 2. The summed E-state index contributed by atoms with van der Waals surface area (Å²) in [5.41, 5.74) is 12.1. The van der Waals surface area contributed by atoms with Crippen molar-refractivity contribution in [3.8, 4) is 11.1 Å². The molecular formula is C33H38N6O2. The average Bonchev–Trinajstić information content (AvgIpc) is 2.94. The highest BCUT2D eigenvalue weighted by Crippen LogP contribution is 2.32. The standard InChI is InChI=1S/C33H38N6O2/c1-21-8-9-23(17-26(21)22-10-12-27-24(16-22)19-35-32(34)38-27)31(41)37-29-18-25(33(2,3)4)11-13-28(29)36-30(40)20-39-14-6-5-7-15-39/h8-13,16-19H,5-7,14-15,20H2,1-4H3,(H,36,40)(H,37,41)(H2,34,35,38). The molecule has 0 saturated carbocycles. The van der Waals surface area contributed by atoms with Crippen LogP contribution in [0.1, 0.15) is 61.5 Å². The largest absolute Gasteiger partial charge is 0.368 e. The molecule has 3 aromatic carbocycles. The van der Waals surface area contributed by atoms with Gasteiger partial charge in [0.2, 0.25) is 11.9 Å². The number of anilines is 3. The molecule has 0 unspecified atom stereocenters. The highest BCUT2D eigenvalue weighted by Gasteiger charge is 2.20. The lowest BCUT2D eigenvalue weighted by Crippen LogP contribution is -2.37. The van der Waals surface area contributed by atoms with Gasteiger partial charge in [0.05, 0.1) is 23.4 Å². The van der Waals surface area contributed by atoms with Crippen LogP contribution in [0.3, 0.4) is 0 Å². The van der Waals surface area contributed by atoms with Crippen molar-refractivity contribution in [2.24, 2.45) is 0 Å². The van der Waals surface area contributed by atoms with Gasteiger partial charge in [0.1, 0.15) is 0 Å². The van der Waals surface area contributed by atoms with Crippen molar-refractivity contribution in [2.45, 2.75) is 52.4 Å². The number of likely N-dealkylation sites (tertiary alicyclic amines) is 1. The zero-order chi connectivity index (χ0) is 29.1. The topological polar surface area (TPSA) is 113 Å². The van der Waals surface area contributed by atoms with Crippen LogP contribution < -0.4 is 16.4 Å². The lowest BCUT2D eigenvalue weighted by molar-refractivity contribution is -0.117. The molecule has 1 aliphatic heterocycles. The number of carbonyl (C=O) groups is 2. The lowest BCUT2D eigenvalue weighted by atomic mass is 9.86. The third-order valence-electron chi connectivity index (χ3n) is 7.63. The number of hydrogen-bond donors (Lipinski definition) is 3. The fourth-order valence-electron chi connectivity index (χ4n) is 5.22. The minimum absolute atomic E-state index is 0.0782. The first-order valence-corrected chi connectivity index (χ1v) is 14.2. The third-order valence-corrected chi connectivity index (χ3v) is 7.63. The van der Waals surface area contributed by atoms with Crippen molar-refractivity contribution in [1.29, 1.82) is 0 Å². The van der Waals surface area contributed by atoms with Crippen LogP contribution in [-0.2, 0) is 10.2 Å². The molecule has 1 fully saturated rings. The van der Waals surface area contributed by atoms with Crippen LogP contribution in [0.5, 0.6) is 0 Å². The van der Waals surface area contributed by atoms with Crippen molar-refractivity contribution in [1.82, 2.24) is 14.9 Å². The molecule has 0 radical (unpaired) electrons. The Morgan fingerprint density at radius 1 is 0.927 bits per heavy atom. The second kappa shape index (κ2) is 11.7. The van der Waals surface area contributed by atoms with Gasteiger partial charge in [-0.15, -0.1) is 0 Å². The number of aromatic nitrogens is 2. The van der Waals surface area contributed by atoms with Gasteiger partial charge in [0, 0.05) is 17.1 Å². The van der Waals surface area contributed by atoms with E-state index in [1.54, 1.807) is 6.20 Å². The smallest absolute Gasteiger partial charge is 0.255 e. The van der Waals surface area contributed by atoms with Crippen LogP contribution in [0.15, 0.2) is 60.8 Å². The van der Waals surface area contributed by atoms with Gasteiger partial charge in [0.25, 0.3) is 5.91 Å². The SMILES string of the molecule is Cc1ccc(C(=O)Nc2cc(C(C)(C)C)ccc2NC(=O)CN2CCCCC2)cc1-c1ccc2nc(N)ncc2c1. The molecule has 212 valence electrons. The van der Waals surface area contributed by atoms with Gasteiger partial charge < -0.3 is 16.4 Å². The quantitative estimate of drug-likeness (QED) is 0.265. The Bertz CT molecular complexity index is 1600. The molecule has 4 N–H and O–H groups in total. The Morgan fingerprint density at radius 3 is 2.46 bits per heavy atom. The van der Waals surface area contributed by atoms with Crippen molar-refractivity contribution in [3.05, 3.63) is 77.5 Å². The molecule has 2 amide bonds. The summed E-state index contributed by atoms with van der Waals surface area (Å²) in [6.07, 6.45) is 5.16. The van der Waals surface area contributed by atoms with Gasteiger partial charge in [0.15, 0.2) is 0 Å². The molecule has 1 aromatic heterocycles. The lowest BCUT2D eigenvalue weighted by Gasteiger charge is -2.26. The number of piperidine rings is 1. The summed E-state index contributed by atoms with van der Waals surface area (Å²) in [6.45, 7) is 10.6. The molecule has 5 rings (SSSR count). The highest BCUT2D eigenvalue weighted by molar-refractivity contribution is 6.08. The number of nitrogen functional groups attached to an aromatic ring is 1. The van der Waals surface area contributed by atoms with E-state index >= 15 is 0 Å². The van der Waals surface area contributed by atoms with E-state index in [1.807, 2.05) is 61.5 Å². The second-order valence-corrected chi connectivity index (χ2v) is 11.9. The van der Waals surface area contributed by atoms with Crippen LogP contribution >= 0.6 is 0 Å². The van der Waals surface area contributed by atoms with E-state index in [-0.39, 0.29) is 23.2 Å². The van der Waals surface area contributed by atoms with Gasteiger partial charge >= 0.3 is 0 Å². The van der Waals surface area contributed by atoms with Crippen molar-refractivity contribution < 1.29 is 9.59 Å². The number of benzene rings is 3. The van der Waals surface area contributed by atoms with Gasteiger partial charge in [-0.05, 0) is 96.9 Å². The third kappa shape index (κ3) is 6.72. The first kappa shape index (κ1) is 28.2. The molecule has 0 bridgehead atoms. The number of nitrogens with zero attached hydrogens (tertiary/aromatic N) is 3. The molecule has 0 atom stereocenters. The molecule has 2 heterocycles. The zero-order valence-corrected chi connectivity index (χ0v) is 24.3. The number of fused-ring (bicyclic) bond motifs is 1. The van der Waals surface area contributed by atoms with E-state index in [4.69, 9.17) is 5.73 Å². The first-order valence-electron chi connectivity index (χ1n) is 14.2. The minimum Gasteiger partial charge on any atom is -0.368 e. The minimum atomic E-state index is -0.249. The monoisotopic (exact) mass is 550 g/mol. The van der Waals surface area contributed by atoms with E-state index in [1.165, 1.54) is 6.42 Å². The summed E-state index contributed by atoms with van der Waals surface area (Å²) in [6, 6.07) is 17.4. The van der Waals surface area contributed by atoms with Crippen LogP contribution in [0, 0.1) is 6.92 Å². The van der Waals surface area contributed by atoms with Crippen molar-refractivity contribution in [3.63, 3.8) is 0 Å². The number of nitrogens with one attached hydrogen (secondary N) is 2. The molecule has 1 aliphatic rings. The molecule has 0 spiro atoms. The van der Waals surface area contributed by atoms with Crippen molar-refractivity contribution in [2.75, 3.05) is 36.0 Å². The van der Waals surface area contributed by atoms with Crippen LogP contribution in [0.4, 0.5) is 17.3 Å². The number of rotatable bonds is 6. The van der Waals surface area contributed by atoms with E-state index in [0.29, 0.717) is 23.5 Å². The average molecular weight is 551 g/mol. The first-order chi connectivity index (χ1) is 19.6. The molecule has 1 saturated heterocycles. The Morgan fingerprint density at radius 2 is 1.71 bits per heavy atom. The maximum absolute atomic E-state index is 13.6. The van der Waals surface area contributed by atoms with Crippen LogP contribution in [0.2, 0.25) is 0 Å². The van der Waals surface area contributed by atoms with Gasteiger partial charge in [-0.1, -0.05) is 45.4 Å². The van der Waals surface area contributed by atoms with Crippen molar-refractivity contribution >= 4 is 40.0 Å². The second-order valence-electron chi connectivity index (χ2n) is 11.9. The number of aryl methyl sites for hydroxylation is 1. The molecule has 4 aromatic rings. The molecule has 41 heavy (non-hydrogen) atoms. The predicted octanol–water partition coefficient (Wildman–Crippen LogP) is 6.16. The van der Waals surface area contributed by atoms with Crippen LogP contribution in [-0.4, -0.2) is 46.3 Å². The molecular weight excluding hydrogens is 512 g/mol. The Kier molecular flexibility index (Phi) is 8.03. The molecule has 8 heteroatoms. The Labute approximate surface area is 241 Å². The summed E-state index contributed by atoms with van der Waals surface area (Å²) >= 11 is 0. The maximum Gasteiger partial charge on any atom is 0.255 e. The summed E-state index contributed by atoms with van der Waals surface area (Å²) in [5.74, 6) is -0.0935.